The zero-order valence-corrected chi connectivity index (χ0v) is 15.3. The SMILES string of the molecule is CS(=O)(=O)N1CCC(NC(=O)C2CC3CCCCC3N2)CC1.Cl. The van der Waals surface area contributed by atoms with Gasteiger partial charge in [-0.15, -0.1) is 12.4 Å². The maximum atomic E-state index is 12.4. The van der Waals surface area contributed by atoms with Gasteiger partial charge in [-0.05, 0) is 38.0 Å². The van der Waals surface area contributed by atoms with Crippen molar-refractivity contribution in [2.24, 2.45) is 5.92 Å². The molecule has 3 atom stereocenters. The first-order chi connectivity index (χ1) is 10.4. The smallest absolute Gasteiger partial charge is 0.237 e. The van der Waals surface area contributed by atoms with Gasteiger partial charge in [0.2, 0.25) is 15.9 Å². The molecule has 1 amide bonds. The van der Waals surface area contributed by atoms with E-state index in [1.165, 1.54) is 36.2 Å². The molecule has 0 aromatic rings. The van der Waals surface area contributed by atoms with Gasteiger partial charge in [-0.3, -0.25) is 4.79 Å². The molecule has 3 aliphatic rings. The molecular weight excluding hydrogens is 338 g/mol. The van der Waals surface area contributed by atoms with E-state index in [0.717, 1.165) is 6.42 Å². The molecule has 0 aromatic heterocycles. The number of nitrogens with one attached hydrogen (secondary N) is 2. The molecular formula is C15H28ClN3O3S. The summed E-state index contributed by atoms with van der Waals surface area (Å²) in [5.41, 5.74) is 0. The van der Waals surface area contributed by atoms with E-state index in [1.54, 1.807) is 0 Å². The summed E-state index contributed by atoms with van der Waals surface area (Å²) >= 11 is 0. The maximum absolute atomic E-state index is 12.4. The molecule has 0 radical (unpaired) electrons. The second kappa shape index (κ2) is 7.68. The van der Waals surface area contributed by atoms with Gasteiger partial charge in [0.25, 0.3) is 0 Å². The van der Waals surface area contributed by atoms with Gasteiger partial charge >= 0.3 is 0 Å². The molecule has 8 heteroatoms. The van der Waals surface area contributed by atoms with Crippen LogP contribution >= 0.6 is 12.4 Å². The van der Waals surface area contributed by atoms with Crippen molar-refractivity contribution in [3.05, 3.63) is 0 Å². The number of sulfonamides is 1. The summed E-state index contributed by atoms with van der Waals surface area (Å²) in [6.45, 7) is 1.01. The van der Waals surface area contributed by atoms with Crippen LogP contribution in [0.25, 0.3) is 0 Å². The van der Waals surface area contributed by atoms with Crippen LogP contribution in [0, 0.1) is 5.92 Å². The van der Waals surface area contributed by atoms with Crippen molar-refractivity contribution >= 4 is 28.3 Å². The largest absolute Gasteiger partial charge is 0.352 e. The fourth-order valence-corrected chi connectivity index (χ4v) is 5.03. The Bertz CT molecular complexity index is 506. The zero-order valence-electron chi connectivity index (χ0n) is 13.7. The molecule has 6 nitrogen and oxygen atoms in total. The molecule has 1 aliphatic carbocycles. The van der Waals surface area contributed by atoms with Crippen molar-refractivity contribution in [1.82, 2.24) is 14.9 Å². The lowest BCUT2D eigenvalue weighted by Gasteiger charge is -2.31. The molecule has 134 valence electrons. The first kappa shape index (κ1) is 19.0. The Labute approximate surface area is 145 Å². The van der Waals surface area contributed by atoms with E-state index in [9.17, 15) is 13.2 Å². The average molecular weight is 366 g/mol. The summed E-state index contributed by atoms with van der Waals surface area (Å²) in [6.07, 6.45) is 8.62. The summed E-state index contributed by atoms with van der Waals surface area (Å²) in [4.78, 5) is 12.4. The number of halogens is 1. The first-order valence-electron chi connectivity index (χ1n) is 8.45. The highest BCUT2D eigenvalue weighted by molar-refractivity contribution is 7.88. The molecule has 3 rings (SSSR count). The lowest BCUT2D eigenvalue weighted by atomic mass is 9.85. The third-order valence-electron chi connectivity index (χ3n) is 5.45. The number of rotatable bonds is 3. The van der Waals surface area contributed by atoms with Crippen LogP contribution in [-0.2, 0) is 14.8 Å². The van der Waals surface area contributed by atoms with Crippen LogP contribution in [0.1, 0.15) is 44.9 Å². The van der Waals surface area contributed by atoms with Gasteiger partial charge in [0.1, 0.15) is 0 Å². The molecule has 3 fully saturated rings. The van der Waals surface area contributed by atoms with Gasteiger partial charge < -0.3 is 10.6 Å². The summed E-state index contributed by atoms with van der Waals surface area (Å²) in [6, 6.07) is 0.576. The molecule has 2 heterocycles. The van der Waals surface area contributed by atoms with Crippen molar-refractivity contribution in [1.29, 1.82) is 0 Å². The molecule has 0 bridgehead atoms. The molecule has 2 aliphatic heterocycles. The predicted molar refractivity (Wildman–Crippen MR) is 92.1 cm³/mol. The van der Waals surface area contributed by atoms with Crippen LogP contribution in [0.3, 0.4) is 0 Å². The van der Waals surface area contributed by atoms with E-state index in [-0.39, 0.29) is 30.4 Å². The van der Waals surface area contributed by atoms with Crippen molar-refractivity contribution in [2.75, 3.05) is 19.3 Å². The van der Waals surface area contributed by atoms with Crippen molar-refractivity contribution in [3.8, 4) is 0 Å². The zero-order chi connectivity index (χ0) is 15.7. The minimum Gasteiger partial charge on any atom is -0.352 e. The molecule has 3 unspecified atom stereocenters. The van der Waals surface area contributed by atoms with Crippen LogP contribution in [-0.4, -0.2) is 56.1 Å². The number of amides is 1. The van der Waals surface area contributed by atoms with Crippen LogP contribution in [0.2, 0.25) is 0 Å². The van der Waals surface area contributed by atoms with E-state index >= 15 is 0 Å². The van der Waals surface area contributed by atoms with E-state index in [2.05, 4.69) is 10.6 Å². The third kappa shape index (κ3) is 4.59. The monoisotopic (exact) mass is 365 g/mol. The normalized spacial score (nSPS) is 32.8. The van der Waals surface area contributed by atoms with E-state index in [1.807, 2.05) is 0 Å². The van der Waals surface area contributed by atoms with Crippen LogP contribution in [0.5, 0.6) is 0 Å². The quantitative estimate of drug-likeness (QED) is 0.777. The van der Waals surface area contributed by atoms with Crippen molar-refractivity contribution < 1.29 is 13.2 Å². The Kier molecular flexibility index (Phi) is 6.33. The van der Waals surface area contributed by atoms with Gasteiger partial charge in [0.15, 0.2) is 0 Å². The lowest BCUT2D eigenvalue weighted by molar-refractivity contribution is -0.123. The number of hydrogen-bond acceptors (Lipinski definition) is 4. The Morgan fingerprint density at radius 2 is 1.78 bits per heavy atom. The van der Waals surface area contributed by atoms with Crippen LogP contribution in [0.4, 0.5) is 0 Å². The topological polar surface area (TPSA) is 78.5 Å². The Balaban J connectivity index is 0.00000192. The van der Waals surface area contributed by atoms with Crippen molar-refractivity contribution in [2.45, 2.75) is 63.1 Å². The van der Waals surface area contributed by atoms with Crippen LogP contribution < -0.4 is 10.6 Å². The number of piperidine rings is 1. The molecule has 2 saturated heterocycles. The lowest BCUT2D eigenvalue weighted by Crippen LogP contribution is -2.50. The minimum atomic E-state index is -3.10. The summed E-state index contributed by atoms with van der Waals surface area (Å²) in [5, 5.41) is 6.62. The predicted octanol–water partition coefficient (Wildman–Crippen LogP) is 0.869. The van der Waals surface area contributed by atoms with Gasteiger partial charge in [-0.25, -0.2) is 12.7 Å². The molecule has 0 aromatic carbocycles. The van der Waals surface area contributed by atoms with E-state index < -0.39 is 10.0 Å². The third-order valence-corrected chi connectivity index (χ3v) is 6.75. The van der Waals surface area contributed by atoms with Gasteiger partial charge in [-0.2, -0.15) is 0 Å². The molecule has 1 saturated carbocycles. The number of nitrogens with zero attached hydrogens (tertiary/aromatic N) is 1. The second-order valence-corrected chi connectivity index (χ2v) is 9.03. The summed E-state index contributed by atoms with van der Waals surface area (Å²) in [7, 11) is -3.10. The van der Waals surface area contributed by atoms with Gasteiger partial charge in [0, 0.05) is 25.2 Å². The van der Waals surface area contributed by atoms with E-state index in [0.29, 0.717) is 37.9 Å². The number of hydrogen-bond donors (Lipinski definition) is 2. The highest BCUT2D eigenvalue weighted by Crippen LogP contribution is 2.33. The van der Waals surface area contributed by atoms with Crippen molar-refractivity contribution in [3.63, 3.8) is 0 Å². The molecule has 0 spiro atoms. The average Bonchev–Trinajstić information content (AvgIpc) is 2.91. The number of carbonyl (C=O) groups excluding carboxylic acids is 1. The molecule has 2 N–H and O–H groups in total. The Morgan fingerprint density at radius 1 is 1.13 bits per heavy atom. The summed E-state index contributed by atoms with van der Waals surface area (Å²) < 4.78 is 24.5. The highest BCUT2D eigenvalue weighted by Gasteiger charge is 2.38. The Hall–Kier alpha value is -0.370. The van der Waals surface area contributed by atoms with Gasteiger partial charge in [0.05, 0.1) is 12.3 Å². The number of carbonyl (C=O) groups is 1. The fraction of sp³-hybridized carbons (Fsp3) is 0.933. The van der Waals surface area contributed by atoms with Crippen LogP contribution in [0.15, 0.2) is 0 Å². The van der Waals surface area contributed by atoms with Gasteiger partial charge in [-0.1, -0.05) is 12.8 Å². The highest BCUT2D eigenvalue weighted by atomic mass is 35.5. The second-order valence-electron chi connectivity index (χ2n) is 7.05. The first-order valence-corrected chi connectivity index (χ1v) is 10.3. The fourth-order valence-electron chi connectivity index (χ4n) is 4.15. The molecule has 23 heavy (non-hydrogen) atoms. The van der Waals surface area contributed by atoms with E-state index in [4.69, 9.17) is 0 Å². The standard InChI is InChI=1S/C15H27N3O3S.ClH/c1-22(20,21)18-8-6-12(7-9-18)16-15(19)14-10-11-4-2-3-5-13(11)17-14;/h11-14,17H,2-10H2,1H3,(H,16,19);1H. The number of fused-ring (bicyclic) bond motifs is 1. The maximum Gasteiger partial charge on any atom is 0.237 e. The summed E-state index contributed by atoms with van der Waals surface area (Å²) in [5.74, 6) is 0.767. The minimum absolute atomic E-state index is 0. The Morgan fingerprint density at radius 3 is 2.39 bits per heavy atom.